The summed E-state index contributed by atoms with van der Waals surface area (Å²) < 4.78 is 0. The fourth-order valence-corrected chi connectivity index (χ4v) is 4.18. The van der Waals surface area contributed by atoms with E-state index >= 15 is 0 Å². The molecule has 0 aliphatic heterocycles. The molecule has 0 saturated heterocycles. The van der Waals surface area contributed by atoms with Gasteiger partial charge in [-0.05, 0) is 68.2 Å². The number of rotatable bonds is 5. The molecule has 4 unspecified atom stereocenters. The molecule has 2 aliphatic carbocycles. The first-order valence-electron chi connectivity index (χ1n) is 7.65. The average molecular weight is 292 g/mol. The van der Waals surface area contributed by atoms with E-state index in [-0.39, 0.29) is 5.78 Å². The van der Waals surface area contributed by atoms with Crippen molar-refractivity contribution in [2.24, 2.45) is 17.8 Å². The van der Waals surface area contributed by atoms with Gasteiger partial charge in [-0.3, -0.25) is 4.79 Å². The highest BCUT2D eigenvalue weighted by atomic mass is 35.5. The lowest BCUT2D eigenvalue weighted by Crippen LogP contribution is -2.39. The first-order chi connectivity index (χ1) is 9.63. The Hall–Kier alpha value is -0.860. The van der Waals surface area contributed by atoms with Crippen molar-refractivity contribution in [1.29, 1.82) is 0 Å². The number of Topliss-reactive ketones (excluding diaryl/α,β-unsaturated/α-hetero) is 1. The highest BCUT2D eigenvalue weighted by Gasteiger charge is 2.41. The molecular weight excluding hydrogens is 270 g/mol. The molecule has 0 spiro atoms. The van der Waals surface area contributed by atoms with Crippen LogP contribution in [0.15, 0.2) is 24.3 Å². The van der Waals surface area contributed by atoms with E-state index in [0.29, 0.717) is 17.6 Å². The third-order valence-corrected chi connectivity index (χ3v) is 5.44. The van der Waals surface area contributed by atoms with E-state index in [2.05, 4.69) is 12.2 Å². The molecule has 4 atom stereocenters. The number of fused-ring (bicyclic) bond motifs is 2. The largest absolute Gasteiger partial charge is 0.307 e. The Balaban J connectivity index is 1.51. The smallest absolute Gasteiger partial charge is 0.176 e. The van der Waals surface area contributed by atoms with Crippen LogP contribution in [-0.2, 0) is 0 Å². The highest BCUT2D eigenvalue weighted by Crippen LogP contribution is 2.49. The van der Waals surface area contributed by atoms with Gasteiger partial charge in [0.15, 0.2) is 5.78 Å². The van der Waals surface area contributed by atoms with Crippen LogP contribution in [0.25, 0.3) is 0 Å². The van der Waals surface area contributed by atoms with Crippen LogP contribution in [0.4, 0.5) is 0 Å². The van der Waals surface area contributed by atoms with E-state index in [1.165, 1.54) is 25.7 Å². The van der Waals surface area contributed by atoms with Crippen LogP contribution in [0, 0.1) is 17.8 Å². The lowest BCUT2D eigenvalue weighted by Gasteiger charge is -2.28. The quantitative estimate of drug-likeness (QED) is 0.833. The van der Waals surface area contributed by atoms with Gasteiger partial charge in [-0.1, -0.05) is 18.0 Å². The summed E-state index contributed by atoms with van der Waals surface area (Å²) in [5.41, 5.74) is 0.738. The van der Waals surface area contributed by atoms with Crippen LogP contribution < -0.4 is 5.32 Å². The molecule has 2 fully saturated rings. The van der Waals surface area contributed by atoms with Gasteiger partial charge in [0.05, 0.1) is 6.54 Å². The van der Waals surface area contributed by atoms with E-state index in [4.69, 9.17) is 11.6 Å². The number of halogens is 1. The van der Waals surface area contributed by atoms with Crippen molar-refractivity contribution in [3.63, 3.8) is 0 Å². The van der Waals surface area contributed by atoms with Gasteiger partial charge < -0.3 is 5.32 Å². The molecule has 3 rings (SSSR count). The minimum Gasteiger partial charge on any atom is -0.307 e. The SMILES string of the molecule is CC(NCC(=O)c1ccc(Cl)cc1)C1CC2CCC1C2. The molecule has 1 aromatic rings. The van der Waals surface area contributed by atoms with E-state index < -0.39 is 0 Å². The van der Waals surface area contributed by atoms with Crippen LogP contribution in [0.5, 0.6) is 0 Å². The molecule has 0 aromatic heterocycles. The predicted molar refractivity (Wildman–Crippen MR) is 82.2 cm³/mol. The molecule has 2 nitrogen and oxygen atoms in total. The van der Waals surface area contributed by atoms with Crippen LogP contribution in [0.2, 0.25) is 5.02 Å². The standard InChI is InChI=1S/C17H22ClNO/c1-11(16-9-12-2-3-14(16)8-12)19-10-17(20)13-4-6-15(18)7-5-13/h4-7,11-12,14,16,19H,2-3,8-10H2,1H3. The fraction of sp³-hybridized carbons (Fsp3) is 0.588. The number of nitrogens with one attached hydrogen (secondary N) is 1. The van der Waals surface area contributed by atoms with E-state index in [1.807, 2.05) is 0 Å². The molecule has 1 N–H and O–H groups in total. The van der Waals surface area contributed by atoms with E-state index in [0.717, 1.165) is 23.3 Å². The molecule has 0 radical (unpaired) electrons. The van der Waals surface area contributed by atoms with Gasteiger partial charge in [-0.15, -0.1) is 0 Å². The second-order valence-corrected chi connectivity index (χ2v) is 6.87. The van der Waals surface area contributed by atoms with Gasteiger partial charge in [0.25, 0.3) is 0 Å². The molecule has 2 saturated carbocycles. The van der Waals surface area contributed by atoms with Crippen LogP contribution in [0.1, 0.15) is 43.0 Å². The molecule has 0 amide bonds. The third kappa shape index (κ3) is 2.91. The molecule has 0 heterocycles. The molecule has 20 heavy (non-hydrogen) atoms. The average Bonchev–Trinajstić information content (AvgIpc) is 3.08. The van der Waals surface area contributed by atoms with Crippen LogP contribution in [0.3, 0.4) is 0 Å². The Morgan fingerprint density at radius 2 is 2.05 bits per heavy atom. The van der Waals surface area contributed by atoms with Crippen molar-refractivity contribution in [2.45, 2.75) is 38.6 Å². The van der Waals surface area contributed by atoms with Crippen molar-refractivity contribution >= 4 is 17.4 Å². The summed E-state index contributed by atoms with van der Waals surface area (Å²) >= 11 is 5.84. The minimum atomic E-state index is 0.150. The summed E-state index contributed by atoms with van der Waals surface area (Å²) in [7, 11) is 0. The van der Waals surface area contributed by atoms with Crippen molar-refractivity contribution in [2.75, 3.05) is 6.54 Å². The highest BCUT2D eigenvalue weighted by molar-refractivity contribution is 6.30. The number of benzene rings is 1. The Bertz CT molecular complexity index is 484. The van der Waals surface area contributed by atoms with Gasteiger partial charge in [0, 0.05) is 16.6 Å². The Kier molecular flexibility index (Phi) is 4.13. The molecule has 1 aromatic carbocycles. The van der Waals surface area contributed by atoms with Crippen LogP contribution in [-0.4, -0.2) is 18.4 Å². The zero-order valence-electron chi connectivity index (χ0n) is 11.9. The maximum absolute atomic E-state index is 12.1. The second-order valence-electron chi connectivity index (χ2n) is 6.44. The number of carbonyl (C=O) groups excluding carboxylic acids is 1. The Morgan fingerprint density at radius 3 is 2.65 bits per heavy atom. The second kappa shape index (κ2) is 5.87. The maximum atomic E-state index is 12.1. The molecular formula is C17H22ClNO. The molecule has 2 aliphatic rings. The van der Waals surface area contributed by atoms with Crippen LogP contribution >= 0.6 is 11.6 Å². The summed E-state index contributed by atoms with van der Waals surface area (Å²) in [6, 6.07) is 7.59. The first kappa shape index (κ1) is 14.1. The monoisotopic (exact) mass is 291 g/mol. The number of hydrogen-bond acceptors (Lipinski definition) is 2. The maximum Gasteiger partial charge on any atom is 0.176 e. The van der Waals surface area contributed by atoms with Crippen molar-refractivity contribution in [3.8, 4) is 0 Å². The lowest BCUT2D eigenvalue weighted by molar-refractivity contribution is 0.0981. The number of carbonyl (C=O) groups is 1. The summed E-state index contributed by atoms with van der Waals surface area (Å²) in [6.07, 6.45) is 5.60. The first-order valence-corrected chi connectivity index (χ1v) is 8.03. The van der Waals surface area contributed by atoms with Crippen molar-refractivity contribution < 1.29 is 4.79 Å². The van der Waals surface area contributed by atoms with E-state index in [9.17, 15) is 4.79 Å². The topological polar surface area (TPSA) is 29.1 Å². The van der Waals surface area contributed by atoms with Gasteiger partial charge >= 0.3 is 0 Å². The zero-order valence-corrected chi connectivity index (χ0v) is 12.7. The Labute approximate surface area is 125 Å². The van der Waals surface area contributed by atoms with Gasteiger partial charge in [-0.25, -0.2) is 0 Å². The summed E-state index contributed by atoms with van der Waals surface area (Å²) in [4.78, 5) is 12.1. The summed E-state index contributed by atoms with van der Waals surface area (Å²) in [6.45, 7) is 2.66. The normalized spacial score (nSPS) is 29.6. The van der Waals surface area contributed by atoms with Gasteiger partial charge in [0.2, 0.25) is 0 Å². The van der Waals surface area contributed by atoms with Crippen molar-refractivity contribution in [1.82, 2.24) is 5.32 Å². The van der Waals surface area contributed by atoms with Crippen molar-refractivity contribution in [3.05, 3.63) is 34.9 Å². The fourth-order valence-electron chi connectivity index (χ4n) is 4.05. The number of hydrogen-bond donors (Lipinski definition) is 1. The molecule has 108 valence electrons. The zero-order chi connectivity index (χ0) is 14.1. The summed E-state index contributed by atoms with van der Waals surface area (Å²) in [5, 5.41) is 4.11. The lowest BCUT2D eigenvalue weighted by atomic mass is 9.84. The summed E-state index contributed by atoms with van der Waals surface area (Å²) in [5.74, 6) is 2.78. The number of ketones is 1. The minimum absolute atomic E-state index is 0.150. The molecule has 2 bridgehead atoms. The van der Waals surface area contributed by atoms with Gasteiger partial charge in [-0.2, -0.15) is 0 Å². The van der Waals surface area contributed by atoms with E-state index in [1.54, 1.807) is 24.3 Å². The predicted octanol–water partition coefficient (Wildman–Crippen LogP) is 3.94. The molecule has 3 heteroatoms. The Morgan fingerprint density at radius 1 is 1.30 bits per heavy atom. The van der Waals surface area contributed by atoms with Gasteiger partial charge in [0.1, 0.15) is 0 Å². The third-order valence-electron chi connectivity index (χ3n) is 5.19.